The lowest BCUT2D eigenvalue weighted by Crippen LogP contribution is -2.30. The lowest BCUT2D eigenvalue weighted by Gasteiger charge is -2.27. The molecule has 0 heterocycles. The molecule has 5 nitrogen and oxygen atoms in total. The maximum atomic E-state index is 13.1. The second-order valence-electron chi connectivity index (χ2n) is 6.96. The summed E-state index contributed by atoms with van der Waals surface area (Å²) in [7, 11) is 0.926. The largest absolute Gasteiger partial charge is 0.335 e. The molecular formula is C20H24Cl2N2O3S. The van der Waals surface area contributed by atoms with Crippen LogP contribution in [-0.2, 0) is 10.0 Å². The Morgan fingerprint density at radius 1 is 1.04 bits per heavy atom. The SMILES string of the molecule is Cc1cc(C(=O)N(C)C(C)c2ccc(Cl)cc2Cl)cc(S(=O)(=O)N(C)C)c1C. The molecule has 8 heteroatoms. The molecule has 2 aromatic carbocycles. The minimum atomic E-state index is -3.67. The first-order chi connectivity index (χ1) is 12.9. The smallest absolute Gasteiger partial charge is 0.254 e. The van der Waals surface area contributed by atoms with Crippen LogP contribution in [0.2, 0.25) is 10.0 Å². The number of carbonyl (C=O) groups excluding carboxylic acids is 1. The van der Waals surface area contributed by atoms with E-state index in [1.165, 1.54) is 25.1 Å². The molecule has 1 amide bonds. The zero-order valence-corrected chi connectivity index (χ0v) is 19.1. The van der Waals surface area contributed by atoms with Gasteiger partial charge in [-0.2, -0.15) is 0 Å². The molecule has 0 aliphatic heterocycles. The average molecular weight is 443 g/mol. The molecule has 152 valence electrons. The summed E-state index contributed by atoms with van der Waals surface area (Å²) in [5, 5.41) is 0.984. The van der Waals surface area contributed by atoms with Crippen molar-refractivity contribution >= 4 is 39.1 Å². The van der Waals surface area contributed by atoms with E-state index >= 15 is 0 Å². The Kier molecular flexibility index (Phi) is 6.82. The number of halogens is 2. The monoisotopic (exact) mass is 442 g/mol. The highest BCUT2D eigenvalue weighted by atomic mass is 35.5. The van der Waals surface area contributed by atoms with Crippen molar-refractivity contribution in [3.63, 3.8) is 0 Å². The van der Waals surface area contributed by atoms with Crippen molar-refractivity contribution in [2.75, 3.05) is 21.1 Å². The van der Waals surface area contributed by atoms with Crippen molar-refractivity contribution in [3.8, 4) is 0 Å². The Morgan fingerprint density at radius 2 is 1.64 bits per heavy atom. The third-order valence-corrected chi connectivity index (χ3v) is 7.44. The van der Waals surface area contributed by atoms with Gasteiger partial charge in [0.2, 0.25) is 10.0 Å². The zero-order valence-electron chi connectivity index (χ0n) is 16.7. The summed E-state index contributed by atoms with van der Waals surface area (Å²) >= 11 is 12.2. The van der Waals surface area contributed by atoms with Gasteiger partial charge in [0.15, 0.2) is 0 Å². The number of rotatable bonds is 5. The summed E-state index contributed by atoms with van der Waals surface area (Å²) in [5.41, 5.74) is 2.42. The van der Waals surface area contributed by atoms with Gasteiger partial charge in [0, 0.05) is 36.8 Å². The van der Waals surface area contributed by atoms with Gasteiger partial charge in [0.05, 0.1) is 10.9 Å². The molecule has 0 aliphatic carbocycles. The molecule has 0 bridgehead atoms. The highest BCUT2D eigenvalue weighted by Crippen LogP contribution is 2.31. The molecule has 2 aromatic rings. The predicted octanol–water partition coefficient (Wildman–Crippen LogP) is 4.69. The van der Waals surface area contributed by atoms with Crippen LogP contribution in [-0.4, -0.2) is 44.7 Å². The standard InChI is InChI=1S/C20H24Cl2N2O3S/c1-12-9-15(10-19(13(12)2)28(26,27)23(4)5)20(25)24(6)14(3)17-8-7-16(21)11-18(17)22/h7-11,14H,1-6H3. The number of amides is 1. The van der Waals surface area contributed by atoms with Crippen LogP contribution in [0.5, 0.6) is 0 Å². The molecular weight excluding hydrogens is 419 g/mol. The van der Waals surface area contributed by atoms with E-state index in [9.17, 15) is 13.2 Å². The lowest BCUT2D eigenvalue weighted by molar-refractivity contribution is 0.0742. The van der Waals surface area contributed by atoms with Crippen molar-refractivity contribution in [2.24, 2.45) is 0 Å². The fraction of sp³-hybridized carbons (Fsp3) is 0.350. The van der Waals surface area contributed by atoms with Gasteiger partial charge in [-0.15, -0.1) is 0 Å². The third-order valence-electron chi connectivity index (χ3n) is 4.94. The van der Waals surface area contributed by atoms with Crippen LogP contribution in [0.25, 0.3) is 0 Å². The molecule has 0 aliphatic rings. The second kappa shape index (κ2) is 8.41. The summed E-state index contributed by atoms with van der Waals surface area (Å²) in [6, 6.07) is 7.95. The summed E-state index contributed by atoms with van der Waals surface area (Å²) in [6.45, 7) is 5.38. The van der Waals surface area contributed by atoms with E-state index in [0.29, 0.717) is 21.2 Å². The van der Waals surface area contributed by atoms with Gasteiger partial charge in [-0.05, 0) is 61.7 Å². The van der Waals surface area contributed by atoms with E-state index in [2.05, 4.69) is 0 Å². The van der Waals surface area contributed by atoms with E-state index in [4.69, 9.17) is 23.2 Å². The van der Waals surface area contributed by atoms with Crippen molar-refractivity contribution in [3.05, 3.63) is 62.6 Å². The fourth-order valence-corrected chi connectivity index (χ4v) is 4.63. The first kappa shape index (κ1) is 22.7. The van der Waals surface area contributed by atoms with E-state index in [1.54, 1.807) is 45.2 Å². The zero-order chi connectivity index (χ0) is 21.4. The van der Waals surface area contributed by atoms with Gasteiger partial charge in [-0.3, -0.25) is 4.79 Å². The second-order valence-corrected chi connectivity index (χ2v) is 9.93. The number of aryl methyl sites for hydroxylation is 1. The Bertz CT molecular complexity index is 1020. The van der Waals surface area contributed by atoms with Crippen molar-refractivity contribution in [2.45, 2.75) is 31.7 Å². The third kappa shape index (κ3) is 4.35. The van der Waals surface area contributed by atoms with E-state index in [1.807, 2.05) is 6.92 Å². The normalized spacial score (nSPS) is 12.9. The van der Waals surface area contributed by atoms with Crippen LogP contribution in [0, 0.1) is 13.8 Å². The first-order valence-electron chi connectivity index (χ1n) is 8.63. The fourth-order valence-electron chi connectivity index (χ4n) is 2.84. The molecule has 28 heavy (non-hydrogen) atoms. The molecule has 0 aromatic heterocycles. The summed E-state index contributed by atoms with van der Waals surface area (Å²) in [4.78, 5) is 14.8. The quantitative estimate of drug-likeness (QED) is 0.674. The Balaban J connectivity index is 2.47. The maximum Gasteiger partial charge on any atom is 0.254 e. The van der Waals surface area contributed by atoms with Crippen LogP contribution in [0.15, 0.2) is 35.2 Å². The van der Waals surface area contributed by atoms with Gasteiger partial charge in [-0.1, -0.05) is 29.3 Å². The summed E-state index contributed by atoms with van der Waals surface area (Å²) in [5.74, 6) is -0.295. The topological polar surface area (TPSA) is 57.7 Å². The van der Waals surface area contributed by atoms with Crippen LogP contribution in [0.4, 0.5) is 0 Å². The van der Waals surface area contributed by atoms with Crippen LogP contribution >= 0.6 is 23.2 Å². The molecule has 0 radical (unpaired) electrons. The number of nitrogens with zero attached hydrogens (tertiary/aromatic N) is 2. The molecule has 0 spiro atoms. The lowest BCUT2D eigenvalue weighted by atomic mass is 10.0. The molecule has 0 N–H and O–H groups in total. The van der Waals surface area contributed by atoms with E-state index < -0.39 is 10.0 Å². The van der Waals surface area contributed by atoms with Gasteiger partial charge in [0.25, 0.3) is 5.91 Å². The van der Waals surface area contributed by atoms with Gasteiger partial charge in [0.1, 0.15) is 0 Å². The van der Waals surface area contributed by atoms with E-state index in [0.717, 1.165) is 15.4 Å². The Morgan fingerprint density at radius 3 is 2.18 bits per heavy atom. The molecule has 1 unspecified atom stereocenters. The molecule has 1 atom stereocenters. The number of carbonyl (C=O) groups is 1. The van der Waals surface area contributed by atoms with Crippen molar-refractivity contribution in [1.29, 1.82) is 0 Å². The molecule has 0 fully saturated rings. The van der Waals surface area contributed by atoms with E-state index in [-0.39, 0.29) is 16.8 Å². The highest BCUT2D eigenvalue weighted by Gasteiger charge is 2.26. The number of hydrogen-bond donors (Lipinski definition) is 0. The van der Waals surface area contributed by atoms with Crippen LogP contribution in [0.1, 0.15) is 40.0 Å². The Hall–Kier alpha value is -1.60. The number of benzene rings is 2. The predicted molar refractivity (Wildman–Crippen MR) is 114 cm³/mol. The van der Waals surface area contributed by atoms with Crippen molar-refractivity contribution in [1.82, 2.24) is 9.21 Å². The summed E-state index contributed by atoms with van der Waals surface area (Å²) in [6.07, 6.45) is 0. The Labute approximate surface area is 176 Å². The number of sulfonamides is 1. The van der Waals surface area contributed by atoms with Crippen LogP contribution < -0.4 is 0 Å². The van der Waals surface area contributed by atoms with Gasteiger partial charge >= 0.3 is 0 Å². The van der Waals surface area contributed by atoms with Gasteiger partial charge in [-0.25, -0.2) is 12.7 Å². The van der Waals surface area contributed by atoms with Gasteiger partial charge < -0.3 is 4.90 Å². The minimum absolute atomic E-state index is 0.131. The first-order valence-corrected chi connectivity index (χ1v) is 10.8. The molecule has 2 rings (SSSR count). The molecule has 0 saturated carbocycles. The highest BCUT2D eigenvalue weighted by molar-refractivity contribution is 7.89. The number of hydrogen-bond acceptors (Lipinski definition) is 3. The van der Waals surface area contributed by atoms with Crippen molar-refractivity contribution < 1.29 is 13.2 Å². The summed E-state index contributed by atoms with van der Waals surface area (Å²) < 4.78 is 26.4. The minimum Gasteiger partial charge on any atom is -0.335 e. The average Bonchev–Trinajstić information content (AvgIpc) is 2.61. The van der Waals surface area contributed by atoms with Crippen LogP contribution in [0.3, 0.4) is 0 Å². The molecule has 0 saturated heterocycles. The maximum absolute atomic E-state index is 13.1.